The second-order valence-electron chi connectivity index (χ2n) is 1.59. The Hall–Kier alpha value is 0.530. The lowest BCUT2D eigenvalue weighted by Gasteiger charge is -1.86. The minimum atomic E-state index is -0.115. The van der Waals surface area contributed by atoms with Crippen molar-refractivity contribution in [3.63, 3.8) is 0 Å². The predicted octanol–water partition coefficient (Wildman–Crippen LogP) is 3.20. The van der Waals surface area contributed by atoms with Crippen molar-refractivity contribution in [1.82, 2.24) is 0 Å². The molecule has 10 heavy (non-hydrogen) atoms. The van der Waals surface area contributed by atoms with Gasteiger partial charge in [0.15, 0.2) is 0 Å². The van der Waals surface area contributed by atoms with Gasteiger partial charge in [-0.15, -0.1) is 11.3 Å². The standard InChI is InChI=1S/C5H3Cl3OS/c6-3-2(1-9)10-5(8)4(3)7/h9H,1H2. The van der Waals surface area contributed by atoms with E-state index < -0.39 is 0 Å². The van der Waals surface area contributed by atoms with Crippen LogP contribution in [0.3, 0.4) is 0 Å². The fourth-order valence-electron chi connectivity index (χ4n) is 0.508. The van der Waals surface area contributed by atoms with Gasteiger partial charge in [0.2, 0.25) is 0 Å². The van der Waals surface area contributed by atoms with Crippen molar-refractivity contribution in [3.8, 4) is 0 Å². The SMILES string of the molecule is OCc1sc(Cl)c(Cl)c1Cl. The number of hydrogen-bond acceptors (Lipinski definition) is 2. The highest BCUT2D eigenvalue weighted by Gasteiger charge is 2.11. The molecule has 0 atom stereocenters. The third-order valence-corrected chi connectivity index (χ3v) is 3.56. The van der Waals surface area contributed by atoms with E-state index in [1.165, 1.54) is 11.3 Å². The number of thiophene rings is 1. The monoisotopic (exact) mass is 216 g/mol. The Balaban J connectivity index is 3.17. The van der Waals surface area contributed by atoms with Crippen molar-refractivity contribution in [3.05, 3.63) is 19.3 Å². The lowest BCUT2D eigenvalue weighted by molar-refractivity contribution is 0.285. The third-order valence-electron chi connectivity index (χ3n) is 0.966. The molecule has 1 nitrogen and oxygen atoms in total. The zero-order valence-electron chi connectivity index (χ0n) is 4.70. The fourth-order valence-corrected chi connectivity index (χ4v) is 2.21. The first-order valence-corrected chi connectivity index (χ1v) is 4.35. The molecule has 0 aromatic carbocycles. The first-order chi connectivity index (χ1) is 4.66. The number of aliphatic hydroxyl groups is 1. The molecular weight excluding hydrogens is 214 g/mol. The summed E-state index contributed by atoms with van der Waals surface area (Å²) in [6.07, 6.45) is 0. The second-order valence-corrected chi connectivity index (χ2v) is 4.05. The van der Waals surface area contributed by atoms with Crippen molar-refractivity contribution in [2.45, 2.75) is 6.61 Å². The quantitative estimate of drug-likeness (QED) is 0.766. The summed E-state index contributed by atoms with van der Waals surface area (Å²) in [4.78, 5) is 0.608. The van der Waals surface area contributed by atoms with E-state index in [-0.39, 0.29) is 6.61 Å². The second kappa shape index (κ2) is 3.28. The van der Waals surface area contributed by atoms with E-state index >= 15 is 0 Å². The Morgan fingerprint density at radius 1 is 1.20 bits per heavy atom. The van der Waals surface area contributed by atoms with E-state index in [2.05, 4.69) is 0 Å². The van der Waals surface area contributed by atoms with Crippen LogP contribution < -0.4 is 0 Å². The maximum atomic E-state index is 8.66. The summed E-state index contributed by atoms with van der Waals surface area (Å²) in [5.41, 5.74) is 0. The predicted molar refractivity (Wildman–Crippen MR) is 45.3 cm³/mol. The molecule has 0 aliphatic rings. The summed E-state index contributed by atoms with van der Waals surface area (Å²) in [5.74, 6) is 0. The van der Waals surface area contributed by atoms with Gasteiger partial charge in [-0.2, -0.15) is 0 Å². The molecule has 1 rings (SSSR count). The van der Waals surface area contributed by atoms with E-state index in [9.17, 15) is 0 Å². The van der Waals surface area contributed by atoms with Gasteiger partial charge < -0.3 is 5.11 Å². The fraction of sp³-hybridized carbons (Fsp3) is 0.200. The molecule has 56 valence electrons. The normalized spacial score (nSPS) is 10.4. The summed E-state index contributed by atoms with van der Waals surface area (Å²) >= 11 is 18.1. The molecular formula is C5H3Cl3OS. The molecule has 0 saturated carbocycles. The van der Waals surface area contributed by atoms with Crippen molar-refractivity contribution in [2.75, 3.05) is 0 Å². The zero-order valence-corrected chi connectivity index (χ0v) is 7.78. The number of rotatable bonds is 1. The topological polar surface area (TPSA) is 20.2 Å². The van der Waals surface area contributed by atoms with Crippen LogP contribution in [0.2, 0.25) is 14.4 Å². The minimum Gasteiger partial charge on any atom is -0.391 e. The van der Waals surface area contributed by atoms with Crippen LogP contribution in [0.4, 0.5) is 0 Å². The molecule has 0 spiro atoms. The van der Waals surface area contributed by atoms with Gasteiger partial charge in [-0.3, -0.25) is 0 Å². The zero-order chi connectivity index (χ0) is 7.72. The molecule has 0 radical (unpaired) electrons. The Labute approximate surface area is 77.1 Å². The molecule has 0 bridgehead atoms. The van der Waals surface area contributed by atoms with Crippen LogP contribution in [0.15, 0.2) is 0 Å². The van der Waals surface area contributed by atoms with E-state index in [0.29, 0.717) is 19.3 Å². The molecule has 1 N–H and O–H groups in total. The van der Waals surface area contributed by atoms with Gasteiger partial charge in [0.25, 0.3) is 0 Å². The van der Waals surface area contributed by atoms with Crippen LogP contribution in [-0.4, -0.2) is 5.11 Å². The average molecular weight is 218 g/mol. The van der Waals surface area contributed by atoms with E-state index in [0.717, 1.165) is 0 Å². The minimum absolute atomic E-state index is 0.115. The van der Waals surface area contributed by atoms with Crippen molar-refractivity contribution in [2.24, 2.45) is 0 Å². The molecule has 0 unspecified atom stereocenters. The van der Waals surface area contributed by atoms with Gasteiger partial charge in [0, 0.05) is 0 Å². The summed E-state index contributed by atoms with van der Waals surface area (Å²) in [5, 5.41) is 9.36. The average Bonchev–Trinajstić information content (AvgIpc) is 2.17. The van der Waals surface area contributed by atoms with Crippen LogP contribution in [0.25, 0.3) is 0 Å². The Morgan fingerprint density at radius 2 is 1.80 bits per heavy atom. The number of hydrogen-bond donors (Lipinski definition) is 1. The summed E-state index contributed by atoms with van der Waals surface area (Å²) in [6.45, 7) is -0.115. The molecule has 1 aromatic heterocycles. The summed E-state index contributed by atoms with van der Waals surface area (Å²) < 4.78 is 0.427. The van der Waals surface area contributed by atoms with Crippen LogP contribution in [-0.2, 0) is 6.61 Å². The molecule has 0 fully saturated rings. The molecule has 1 aromatic rings. The molecule has 0 aliphatic carbocycles. The van der Waals surface area contributed by atoms with E-state index in [1.54, 1.807) is 0 Å². The van der Waals surface area contributed by atoms with Crippen LogP contribution in [0.5, 0.6) is 0 Å². The van der Waals surface area contributed by atoms with Crippen LogP contribution in [0.1, 0.15) is 4.88 Å². The van der Waals surface area contributed by atoms with Crippen molar-refractivity contribution >= 4 is 46.1 Å². The van der Waals surface area contributed by atoms with Gasteiger partial charge in [0.05, 0.1) is 21.5 Å². The van der Waals surface area contributed by atoms with Gasteiger partial charge in [-0.25, -0.2) is 0 Å². The molecule has 0 amide bonds. The highest BCUT2D eigenvalue weighted by atomic mass is 35.5. The van der Waals surface area contributed by atoms with Crippen LogP contribution >= 0.6 is 46.1 Å². The Morgan fingerprint density at radius 3 is 2.00 bits per heavy atom. The Bertz CT molecular complexity index is 245. The lowest BCUT2D eigenvalue weighted by Crippen LogP contribution is -1.74. The van der Waals surface area contributed by atoms with Gasteiger partial charge >= 0.3 is 0 Å². The number of aliphatic hydroxyl groups excluding tert-OH is 1. The lowest BCUT2D eigenvalue weighted by atomic mass is 10.5. The van der Waals surface area contributed by atoms with E-state index in [1.807, 2.05) is 0 Å². The molecule has 5 heteroatoms. The third kappa shape index (κ3) is 1.41. The van der Waals surface area contributed by atoms with Crippen molar-refractivity contribution < 1.29 is 5.11 Å². The van der Waals surface area contributed by atoms with E-state index in [4.69, 9.17) is 39.9 Å². The maximum Gasteiger partial charge on any atom is 0.113 e. The Kier molecular flexibility index (Phi) is 2.83. The molecule has 0 aliphatic heterocycles. The van der Waals surface area contributed by atoms with Gasteiger partial charge in [0.1, 0.15) is 4.34 Å². The number of halogens is 3. The largest absolute Gasteiger partial charge is 0.391 e. The summed E-state index contributed by atoms with van der Waals surface area (Å²) in [6, 6.07) is 0. The molecule has 0 saturated heterocycles. The maximum absolute atomic E-state index is 8.66. The highest BCUT2D eigenvalue weighted by molar-refractivity contribution is 7.17. The first kappa shape index (κ1) is 8.62. The smallest absolute Gasteiger partial charge is 0.113 e. The van der Waals surface area contributed by atoms with Gasteiger partial charge in [-0.1, -0.05) is 34.8 Å². The summed E-state index contributed by atoms with van der Waals surface area (Å²) in [7, 11) is 0. The first-order valence-electron chi connectivity index (χ1n) is 2.39. The van der Waals surface area contributed by atoms with Gasteiger partial charge in [-0.05, 0) is 0 Å². The van der Waals surface area contributed by atoms with Crippen LogP contribution in [0, 0.1) is 0 Å². The van der Waals surface area contributed by atoms with Crippen molar-refractivity contribution in [1.29, 1.82) is 0 Å². The molecule has 1 heterocycles. The highest BCUT2D eigenvalue weighted by Crippen LogP contribution is 2.40.